The van der Waals surface area contributed by atoms with Crippen LogP contribution in [0.25, 0.3) is 0 Å². The number of carbonyl (C=O) groups is 1. The molecule has 0 saturated heterocycles. The lowest BCUT2D eigenvalue weighted by molar-refractivity contribution is -0.121. The van der Waals surface area contributed by atoms with E-state index in [0.29, 0.717) is 24.0 Å². The molecule has 1 saturated carbocycles. The van der Waals surface area contributed by atoms with Gasteiger partial charge >= 0.3 is 0 Å². The second kappa shape index (κ2) is 10.8. The summed E-state index contributed by atoms with van der Waals surface area (Å²) in [5.41, 5.74) is 4.65. The molecule has 178 valence electrons. The molecule has 0 bridgehead atoms. The Morgan fingerprint density at radius 3 is 2.42 bits per heavy atom. The van der Waals surface area contributed by atoms with E-state index in [9.17, 15) is 17.6 Å². The molecule has 0 aliphatic heterocycles. The first-order valence-corrected chi connectivity index (χ1v) is 12.8. The summed E-state index contributed by atoms with van der Waals surface area (Å²) in [6, 6.07) is 7.62. The number of aryl methyl sites for hydroxylation is 3. The van der Waals surface area contributed by atoms with Crippen molar-refractivity contribution in [1.29, 1.82) is 0 Å². The summed E-state index contributed by atoms with van der Waals surface area (Å²) in [5.74, 6) is -1.17. The average molecular weight is 494 g/mol. The topological polar surface area (TPSA) is 78.8 Å². The number of hydrazone groups is 1. The fraction of sp³-hybridized carbons (Fsp3) is 0.417. The maximum Gasteiger partial charge on any atom is 0.255 e. The van der Waals surface area contributed by atoms with Crippen molar-refractivity contribution in [3.05, 3.63) is 63.4 Å². The van der Waals surface area contributed by atoms with E-state index in [2.05, 4.69) is 10.5 Å². The molecule has 0 radical (unpaired) electrons. The van der Waals surface area contributed by atoms with E-state index in [0.717, 1.165) is 31.0 Å². The van der Waals surface area contributed by atoms with Crippen LogP contribution in [0.15, 0.2) is 40.3 Å². The number of benzene rings is 2. The highest BCUT2D eigenvalue weighted by Crippen LogP contribution is 2.31. The van der Waals surface area contributed by atoms with Crippen LogP contribution in [-0.2, 0) is 14.8 Å². The summed E-state index contributed by atoms with van der Waals surface area (Å²) in [6.07, 6.45) is 5.38. The lowest BCUT2D eigenvalue weighted by Gasteiger charge is -2.33. The van der Waals surface area contributed by atoms with Crippen LogP contribution in [0.5, 0.6) is 0 Å². The number of nitrogens with zero attached hydrogens (tertiary/aromatic N) is 2. The van der Waals surface area contributed by atoms with Gasteiger partial charge in [-0.25, -0.2) is 18.2 Å². The van der Waals surface area contributed by atoms with Crippen molar-refractivity contribution in [3.63, 3.8) is 0 Å². The Balaban J connectivity index is 1.86. The van der Waals surface area contributed by atoms with E-state index in [1.54, 1.807) is 13.8 Å². The number of carbonyl (C=O) groups excluding carboxylic acids is 1. The maximum atomic E-state index is 13.9. The summed E-state index contributed by atoms with van der Waals surface area (Å²) in [7, 11) is -3.92. The van der Waals surface area contributed by atoms with Crippen molar-refractivity contribution >= 4 is 33.7 Å². The number of rotatable bonds is 7. The maximum absolute atomic E-state index is 13.9. The Hall–Kier alpha value is -2.29. The highest BCUT2D eigenvalue weighted by molar-refractivity contribution is 7.89. The van der Waals surface area contributed by atoms with Crippen LogP contribution in [0.4, 0.5) is 4.39 Å². The molecule has 2 aromatic carbocycles. The number of hydrogen-bond donors (Lipinski definition) is 1. The minimum atomic E-state index is -3.92. The molecule has 1 aliphatic rings. The van der Waals surface area contributed by atoms with Crippen LogP contribution < -0.4 is 5.43 Å². The normalized spacial score (nSPS) is 15.3. The summed E-state index contributed by atoms with van der Waals surface area (Å²) in [6.45, 7) is 5.09. The molecule has 0 atom stereocenters. The Bertz CT molecular complexity index is 1120. The Labute approximate surface area is 199 Å². The van der Waals surface area contributed by atoms with E-state index in [1.165, 1.54) is 22.5 Å². The molecular weight excluding hydrogens is 465 g/mol. The molecule has 2 aromatic rings. The van der Waals surface area contributed by atoms with Crippen molar-refractivity contribution in [1.82, 2.24) is 9.73 Å². The van der Waals surface area contributed by atoms with Gasteiger partial charge in [0.15, 0.2) is 0 Å². The van der Waals surface area contributed by atoms with Crippen molar-refractivity contribution in [2.75, 3.05) is 6.54 Å². The van der Waals surface area contributed by atoms with E-state index in [4.69, 9.17) is 11.6 Å². The first-order chi connectivity index (χ1) is 15.6. The Morgan fingerprint density at radius 1 is 1.18 bits per heavy atom. The highest BCUT2D eigenvalue weighted by Gasteiger charge is 2.35. The third-order valence-electron chi connectivity index (χ3n) is 5.84. The van der Waals surface area contributed by atoms with Gasteiger partial charge in [0.1, 0.15) is 5.82 Å². The number of hydrogen-bond acceptors (Lipinski definition) is 4. The number of halogens is 2. The Morgan fingerprint density at radius 2 is 1.82 bits per heavy atom. The first-order valence-electron chi connectivity index (χ1n) is 11.0. The molecule has 1 aliphatic carbocycles. The van der Waals surface area contributed by atoms with Crippen LogP contribution in [0.3, 0.4) is 0 Å². The molecule has 3 rings (SSSR count). The molecule has 1 fully saturated rings. The third kappa shape index (κ3) is 5.99. The van der Waals surface area contributed by atoms with Crippen LogP contribution in [0, 0.1) is 26.6 Å². The van der Waals surface area contributed by atoms with E-state index in [-0.39, 0.29) is 28.1 Å². The van der Waals surface area contributed by atoms with Gasteiger partial charge in [-0.05, 0) is 56.9 Å². The molecular formula is C24H29ClFN3O3S. The van der Waals surface area contributed by atoms with Gasteiger partial charge in [-0.1, -0.05) is 54.6 Å². The molecule has 1 N–H and O–H groups in total. The second-order valence-electron chi connectivity index (χ2n) is 8.50. The van der Waals surface area contributed by atoms with Crippen molar-refractivity contribution < 1.29 is 17.6 Å². The van der Waals surface area contributed by atoms with Gasteiger partial charge in [-0.2, -0.15) is 9.41 Å². The number of amides is 1. The number of sulfonamides is 1. The zero-order valence-electron chi connectivity index (χ0n) is 19.1. The molecule has 0 heterocycles. The molecule has 0 unspecified atom stereocenters. The zero-order chi connectivity index (χ0) is 24.2. The highest BCUT2D eigenvalue weighted by atomic mass is 35.5. The second-order valence-corrected chi connectivity index (χ2v) is 10.7. The molecule has 0 spiro atoms. The fourth-order valence-corrected chi connectivity index (χ4v) is 6.72. The van der Waals surface area contributed by atoms with Crippen LogP contribution in [0.2, 0.25) is 5.02 Å². The summed E-state index contributed by atoms with van der Waals surface area (Å²) in [4.78, 5) is 12.9. The predicted molar refractivity (Wildman–Crippen MR) is 129 cm³/mol. The smallest absolute Gasteiger partial charge is 0.255 e. The quantitative estimate of drug-likeness (QED) is 0.441. The fourth-order valence-electron chi connectivity index (χ4n) is 4.45. The van der Waals surface area contributed by atoms with Crippen LogP contribution >= 0.6 is 11.6 Å². The van der Waals surface area contributed by atoms with Gasteiger partial charge in [0.25, 0.3) is 5.91 Å². The number of nitrogens with one attached hydrogen (secondary N) is 1. The SMILES string of the molecule is Cc1cc(C)c(S(=O)(=O)N(CC(=O)N/N=C/c2c(F)cccc2Cl)C2CCCCC2)c(C)c1. The van der Waals surface area contributed by atoms with E-state index < -0.39 is 21.7 Å². The predicted octanol–water partition coefficient (Wildman–Crippen LogP) is 4.88. The van der Waals surface area contributed by atoms with Crippen LogP contribution in [0.1, 0.15) is 54.4 Å². The van der Waals surface area contributed by atoms with E-state index in [1.807, 2.05) is 19.1 Å². The van der Waals surface area contributed by atoms with Gasteiger partial charge in [0.05, 0.1) is 22.7 Å². The minimum absolute atomic E-state index is 0.0436. The van der Waals surface area contributed by atoms with Gasteiger partial charge in [-0.15, -0.1) is 0 Å². The Kier molecular flexibility index (Phi) is 8.26. The standard InChI is InChI=1S/C24H29ClFN3O3S/c1-16-12-17(2)24(18(3)13-16)33(31,32)29(19-8-5-4-6-9-19)15-23(30)28-27-14-20-21(25)10-7-11-22(20)26/h7,10-14,19H,4-6,8-9,15H2,1-3H3,(H,28,30)/b27-14+. The average Bonchev–Trinajstić information content (AvgIpc) is 2.73. The lowest BCUT2D eigenvalue weighted by atomic mass is 9.95. The largest absolute Gasteiger partial charge is 0.272 e. The summed E-state index contributed by atoms with van der Waals surface area (Å²) >= 11 is 5.97. The first kappa shape index (κ1) is 25.3. The van der Waals surface area contributed by atoms with Crippen molar-refractivity contribution in [2.45, 2.75) is 63.8 Å². The minimum Gasteiger partial charge on any atom is -0.272 e. The van der Waals surface area contributed by atoms with Gasteiger partial charge < -0.3 is 0 Å². The van der Waals surface area contributed by atoms with Gasteiger partial charge in [0, 0.05) is 11.6 Å². The zero-order valence-corrected chi connectivity index (χ0v) is 20.6. The van der Waals surface area contributed by atoms with Gasteiger partial charge in [0.2, 0.25) is 10.0 Å². The lowest BCUT2D eigenvalue weighted by Crippen LogP contribution is -2.46. The summed E-state index contributed by atoms with van der Waals surface area (Å²) < 4.78 is 42.7. The van der Waals surface area contributed by atoms with E-state index >= 15 is 0 Å². The van der Waals surface area contributed by atoms with Crippen molar-refractivity contribution in [2.24, 2.45) is 5.10 Å². The monoisotopic (exact) mass is 493 g/mol. The molecule has 33 heavy (non-hydrogen) atoms. The van der Waals surface area contributed by atoms with Crippen LogP contribution in [-0.4, -0.2) is 37.4 Å². The van der Waals surface area contributed by atoms with Gasteiger partial charge in [-0.3, -0.25) is 4.79 Å². The molecule has 9 heteroatoms. The molecule has 1 amide bonds. The summed E-state index contributed by atoms with van der Waals surface area (Å²) in [5, 5.41) is 3.95. The van der Waals surface area contributed by atoms with Crippen molar-refractivity contribution in [3.8, 4) is 0 Å². The molecule has 6 nitrogen and oxygen atoms in total. The third-order valence-corrected chi connectivity index (χ3v) is 8.37. The molecule has 0 aromatic heterocycles.